The molecule has 0 N–H and O–H groups in total. The first-order chi connectivity index (χ1) is 5.49. The number of halogens is 1. The van der Waals surface area contributed by atoms with Gasteiger partial charge in [0.15, 0.2) is 0 Å². The van der Waals surface area contributed by atoms with Crippen molar-refractivity contribution in [3.05, 3.63) is 22.9 Å². The lowest BCUT2D eigenvalue weighted by Gasteiger charge is -1.98. The third-order valence-electron chi connectivity index (χ3n) is 0.845. The predicted octanol–water partition coefficient (Wildman–Crippen LogP) is 1.85. The van der Waals surface area contributed by atoms with Crippen molar-refractivity contribution in [2.24, 2.45) is 0 Å². The zero-order valence-corrected chi connectivity index (χ0v) is 6.05. The zero-order valence-electron chi connectivity index (χ0n) is 7.47. The Kier molecular flexibility index (Phi) is 1.12. The Morgan fingerprint density at radius 1 is 1.89 bits per heavy atom. The summed E-state index contributed by atoms with van der Waals surface area (Å²) in [6.45, 7) is 0. The fourth-order valence-electron chi connectivity index (χ4n) is 0.445. The lowest BCUT2D eigenvalue weighted by Crippen LogP contribution is -1.83. The molecule has 0 aliphatic heterocycles. The van der Waals surface area contributed by atoms with Crippen molar-refractivity contribution >= 4 is 15.9 Å². The second-order valence-electron chi connectivity index (χ2n) is 1.41. The Labute approximate surface area is 66.2 Å². The van der Waals surface area contributed by atoms with Crippen molar-refractivity contribution in [3.63, 3.8) is 0 Å². The van der Waals surface area contributed by atoms with E-state index >= 15 is 0 Å². The van der Waals surface area contributed by atoms with E-state index in [9.17, 15) is 0 Å². The lowest BCUT2D eigenvalue weighted by molar-refractivity contribution is 0.411. The molecule has 2 nitrogen and oxygen atoms in total. The Bertz CT molecular complexity index is 276. The van der Waals surface area contributed by atoms with Crippen LogP contribution < -0.4 is 4.74 Å². The van der Waals surface area contributed by atoms with Gasteiger partial charge in [-0.1, -0.05) is 0 Å². The number of ether oxygens (including phenoxy) is 1. The molecule has 0 saturated carbocycles. The number of aromatic nitrogens is 1. The molecule has 0 amide bonds. The van der Waals surface area contributed by atoms with Gasteiger partial charge in [0.05, 0.1) is 15.6 Å². The van der Waals surface area contributed by atoms with E-state index in [0.29, 0.717) is 4.47 Å². The fourth-order valence-corrected chi connectivity index (χ4v) is 0.777. The second kappa shape index (κ2) is 2.82. The van der Waals surface area contributed by atoms with Crippen LogP contribution in [0.1, 0.15) is 4.11 Å². The molecule has 0 radical (unpaired) electrons. The molecule has 0 aliphatic carbocycles. The summed E-state index contributed by atoms with van der Waals surface area (Å²) < 4.78 is 25.7. The van der Waals surface area contributed by atoms with E-state index < -0.39 is 7.04 Å². The molecular weight excluding hydrogens is 182 g/mol. The zero-order chi connectivity index (χ0) is 9.19. The van der Waals surface area contributed by atoms with E-state index in [1.54, 1.807) is 0 Å². The van der Waals surface area contributed by atoms with Crippen molar-refractivity contribution < 1.29 is 8.85 Å². The molecule has 0 saturated heterocycles. The second-order valence-corrected chi connectivity index (χ2v) is 2.26. The van der Waals surface area contributed by atoms with E-state index in [1.165, 1.54) is 18.5 Å². The van der Waals surface area contributed by atoms with E-state index in [2.05, 4.69) is 25.7 Å². The molecule has 1 aromatic heterocycles. The van der Waals surface area contributed by atoms with Crippen molar-refractivity contribution in [2.75, 3.05) is 7.04 Å². The van der Waals surface area contributed by atoms with Crippen LogP contribution in [0.25, 0.3) is 0 Å². The monoisotopic (exact) mass is 190 g/mol. The lowest BCUT2D eigenvalue weighted by atomic mass is 10.5. The van der Waals surface area contributed by atoms with Gasteiger partial charge in [-0.15, -0.1) is 0 Å². The summed E-state index contributed by atoms with van der Waals surface area (Å²) in [6.07, 6.45) is 2.94. The topological polar surface area (TPSA) is 22.1 Å². The Balaban J connectivity index is 2.83. The minimum absolute atomic E-state index is 0.269. The number of rotatable bonds is 1. The first kappa shape index (κ1) is 3.56. The van der Waals surface area contributed by atoms with Gasteiger partial charge in [-0.2, -0.15) is 0 Å². The molecule has 0 unspecified atom stereocenters. The highest BCUT2D eigenvalue weighted by Crippen LogP contribution is 2.21. The first-order valence-electron chi connectivity index (χ1n) is 3.77. The Hall–Kier alpha value is -0.570. The quantitative estimate of drug-likeness (QED) is 0.675. The van der Waals surface area contributed by atoms with Crippen molar-refractivity contribution in [1.82, 2.24) is 4.98 Å². The van der Waals surface area contributed by atoms with Gasteiger partial charge in [0.25, 0.3) is 0 Å². The highest BCUT2D eigenvalue weighted by Gasteiger charge is 1.94. The first-order valence-corrected chi connectivity index (χ1v) is 3.07. The van der Waals surface area contributed by atoms with Crippen molar-refractivity contribution in [2.45, 2.75) is 0 Å². The highest BCUT2D eigenvalue weighted by molar-refractivity contribution is 9.10. The fraction of sp³-hybridized carbons (Fsp3) is 0.167. The smallest absolute Gasteiger partial charge is 0.136 e. The van der Waals surface area contributed by atoms with E-state index in [0.717, 1.165) is 0 Å². The van der Waals surface area contributed by atoms with Gasteiger partial charge in [0.2, 0.25) is 0 Å². The van der Waals surface area contributed by atoms with Crippen LogP contribution in [0.3, 0.4) is 0 Å². The van der Waals surface area contributed by atoms with Gasteiger partial charge in [0, 0.05) is 12.4 Å². The number of hydrogen-bond donors (Lipinski definition) is 0. The third-order valence-corrected chi connectivity index (χ3v) is 1.44. The van der Waals surface area contributed by atoms with Crippen molar-refractivity contribution in [1.29, 1.82) is 0 Å². The van der Waals surface area contributed by atoms with Crippen LogP contribution in [0.2, 0.25) is 0 Å². The highest BCUT2D eigenvalue weighted by atomic mass is 79.9. The average molecular weight is 191 g/mol. The summed E-state index contributed by atoms with van der Waals surface area (Å²) in [6, 6.07) is 1.48. The predicted molar refractivity (Wildman–Crippen MR) is 38.5 cm³/mol. The van der Waals surface area contributed by atoms with Crippen LogP contribution in [0, 0.1) is 0 Å². The average Bonchev–Trinajstić information content (AvgIpc) is 1.91. The number of hydrogen-bond acceptors (Lipinski definition) is 2. The molecule has 0 bridgehead atoms. The Morgan fingerprint density at radius 2 is 2.78 bits per heavy atom. The van der Waals surface area contributed by atoms with Crippen LogP contribution in [0.5, 0.6) is 5.75 Å². The van der Waals surface area contributed by atoms with Crippen molar-refractivity contribution in [3.8, 4) is 5.75 Å². The summed E-state index contributed by atoms with van der Waals surface area (Å²) >= 11 is 3.11. The van der Waals surface area contributed by atoms with Gasteiger partial charge in [0.1, 0.15) is 5.75 Å². The SMILES string of the molecule is [2H]C([2H])([2H])Oc1ccncc1Br. The van der Waals surface area contributed by atoms with Crippen LogP contribution in [-0.2, 0) is 0 Å². The summed E-state index contributed by atoms with van der Waals surface area (Å²) in [4.78, 5) is 3.76. The standard InChI is InChI=1S/C6H6BrNO/c1-9-6-2-3-8-4-5(6)7/h2-4H,1H3/i1D3. The van der Waals surface area contributed by atoms with Gasteiger partial charge in [-0.25, -0.2) is 0 Å². The molecule has 48 valence electrons. The van der Waals surface area contributed by atoms with Crippen LogP contribution >= 0.6 is 15.9 Å². The molecule has 1 rings (SSSR count). The Morgan fingerprint density at radius 3 is 3.44 bits per heavy atom. The summed E-state index contributed by atoms with van der Waals surface area (Å²) in [5.74, 6) is 0.269. The molecule has 0 atom stereocenters. The summed E-state index contributed by atoms with van der Waals surface area (Å²) in [5.41, 5.74) is 0. The molecule has 3 heteroatoms. The summed E-state index contributed by atoms with van der Waals surface area (Å²) in [7, 11) is -2.41. The molecule has 0 fully saturated rings. The molecule has 0 aliphatic rings. The summed E-state index contributed by atoms with van der Waals surface area (Å²) in [5, 5.41) is 0. The van der Waals surface area contributed by atoms with E-state index in [-0.39, 0.29) is 5.75 Å². The van der Waals surface area contributed by atoms with Crippen LogP contribution in [0.15, 0.2) is 22.9 Å². The van der Waals surface area contributed by atoms with Gasteiger partial charge < -0.3 is 4.74 Å². The maximum Gasteiger partial charge on any atom is 0.136 e. The minimum atomic E-state index is -2.41. The number of pyridine rings is 1. The van der Waals surface area contributed by atoms with Crippen LogP contribution in [0.4, 0.5) is 0 Å². The minimum Gasteiger partial charge on any atom is -0.495 e. The van der Waals surface area contributed by atoms with Crippen LogP contribution in [-0.4, -0.2) is 12.0 Å². The van der Waals surface area contributed by atoms with Gasteiger partial charge in [-0.3, -0.25) is 4.98 Å². The number of methoxy groups -OCH3 is 1. The number of nitrogens with zero attached hydrogens (tertiary/aromatic N) is 1. The maximum absolute atomic E-state index is 6.84. The molecular formula is C6H6BrNO. The third kappa shape index (κ3) is 1.42. The van der Waals surface area contributed by atoms with Gasteiger partial charge in [-0.05, 0) is 22.0 Å². The largest absolute Gasteiger partial charge is 0.495 e. The van der Waals surface area contributed by atoms with E-state index in [4.69, 9.17) is 4.11 Å². The molecule has 1 aromatic rings. The van der Waals surface area contributed by atoms with E-state index in [1.807, 2.05) is 0 Å². The maximum atomic E-state index is 6.84. The molecule has 9 heavy (non-hydrogen) atoms. The molecule has 1 heterocycles. The molecule has 0 aromatic carbocycles. The normalized spacial score (nSPS) is 15.4. The van der Waals surface area contributed by atoms with Gasteiger partial charge >= 0.3 is 0 Å². The molecule has 0 spiro atoms.